The molecule has 2 saturated heterocycles. The highest BCUT2D eigenvalue weighted by molar-refractivity contribution is 7.89. The van der Waals surface area contributed by atoms with Gasteiger partial charge in [-0.3, -0.25) is 0 Å². The standard InChI is InChI=1S/C10H20N2O3S.ClH/c1-11-16(13,14)7-9-6-12-8-10(9)2-4-15-5-3-10;/h9,11-12H,2-8H2,1H3;1H. The van der Waals surface area contributed by atoms with Gasteiger partial charge in [-0.25, -0.2) is 13.1 Å². The summed E-state index contributed by atoms with van der Waals surface area (Å²) in [6.07, 6.45) is 1.95. The molecular formula is C10H21ClN2O3S. The summed E-state index contributed by atoms with van der Waals surface area (Å²) in [7, 11) is -1.63. The van der Waals surface area contributed by atoms with Crippen LogP contribution in [0.4, 0.5) is 0 Å². The van der Waals surface area contributed by atoms with Crippen LogP contribution in [-0.2, 0) is 14.8 Å². The van der Waals surface area contributed by atoms with Crippen molar-refractivity contribution in [2.24, 2.45) is 11.3 Å². The number of hydrogen-bond acceptors (Lipinski definition) is 4. The van der Waals surface area contributed by atoms with E-state index in [-0.39, 0.29) is 29.5 Å². The van der Waals surface area contributed by atoms with E-state index in [0.29, 0.717) is 0 Å². The van der Waals surface area contributed by atoms with E-state index < -0.39 is 10.0 Å². The first-order valence-electron chi connectivity index (χ1n) is 5.78. The summed E-state index contributed by atoms with van der Waals surface area (Å²) in [5.41, 5.74) is 0.141. The van der Waals surface area contributed by atoms with Gasteiger partial charge < -0.3 is 10.1 Å². The van der Waals surface area contributed by atoms with Crippen molar-refractivity contribution >= 4 is 22.4 Å². The minimum Gasteiger partial charge on any atom is -0.381 e. The maximum atomic E-state index is 11.6. The fourth-order valence-electron chi connectivity index (χ4n) is 2.80. The molecule has 1 unspecified atom stereocenters. The first-order valence-corrected chi connectivity index (χ1v) is 7.43. The van der Waals surface area contributed by atoms with Crippen LogP contribution < -0.4 is 10.0 Å². The lowest BCUT2D eigenvalue weighted by Gasteiger charge is -2.37. The van der Waals surface area contributed by atoms with Crippen LogP contribution in [0.1, 0.15) is 12.8 Å². The van der Waals surface area contributed by atoms with Gasteiger partial charge in [0.25, 0.3) is 0 Å². The van der Waals surface area contributed by atoms with Crippen LogP contribution in [0, 0.1) is 11.3 Å². The molecular weight excluding hydrogens is 264 g/mol. The summed E-state index contributed by atoms with van der Waals surface area (Å²) in [5.74, 6) is 0.449. The molecule has 2 rings (SSSR count). The highest BCUT2D eigenvalue weighted by Gasteiger charge is 2.45. The molecule has 5 nitrogen and oxygen atoms in total. The molecule has 0 bridgehead atoms. The molecule has 0 radical (unpaired) electrons. The minimum absolute atomic E-state index is 0. The van der Waals surface area contributed by atoms with Gasteiger partial charge in [-0.1, -0.05) is 0 Å². The van der Waals surface area contributed by atoms with Gasteiger partial charge in [-0.2, -0.15) is 0 Å². The molecule has 2 aliphatic heterocycles. The first-order chi connectivity index (χ1) is 7.58. The quantitative estimate of drug-likeness (QED) is 0.764. The molecule has 1 spiro atoms. The molecule has 0 aromatic heterocycles. The molecule has 2 fully saturated rings. The Balaban J connectivity index is 0.00000144. The van der Waals surface area contributed by atoms with Crippen molar-refractivity contribution in [2.45, 2.75) is 12.8 Å². The Kier molecular flexibility index (Phi) is 5.21. The van der Waals surface area contributed by atoms with Crippen LogP contribution in [0.2, 0.25) is 0 Å². The third-order valence-corrected chi connectivity index (χ3v) is 5.42. The monoisotopic (exact) mass is 284 g/mol. The topological polar surface area (TPSA) is 67.4 Å². The Hall–Kier alpha value is 0.120. The van der Waals surface area contributed by atoms with Crippen molar-refractivity contribution in [3.05, 3.63) is 0 Å². The smallest absolute Gasteiger partial charge is 0.211 e. The van der Waals surface area contributed by atoms with Crippen LogP contribution in [-0.4, -0.2) is 47.5 Å². The van der Waals surface area contributed by atoms with Gasteiger partial charge in [-0.15, -0.1) is 12.4 Å². The molecule has 2 heterocycles. The van der Waals surface area contributed by atoms with E-state index in [4.69, 9.17) is 4.74 Å². The molecule has 0 saturated carbocycles. The highest BCUT2D eigenvalue weighted by atomic mass is 35.5. The predicted octanol–water partition coefficient (Wildman–Crippen LogP) is -0.0264. The molecule has 0 aliphatic carbocycles. The Morgan fingerprint density at radius 3 is 2.65 bits per heavy atom. The molecule has 102 valence electrons. The van der Waals surface area contributed by atoms with Gasteiger partial charge >= 0.3 is 0 Å². The van der Waals surface area contributed by atoms with Crippen LogP contribution in [0.25, 0.3) is 0 Å². The zero-order valence-electron chi connectivity index (χ0n) is 10.1. The average molecular weight is 285 g/mol. The molecule has 1 atom stereocenters. The Labute approximate surface area is 109 Å². The summed E-state index contributed by atoms with van der Waals surface area (Å²) in [6, 6.07) is 0. The van der Waals surface area contributed by atoms with E-state index in [1.165, 1.54) is 7.05 Å². The summed E-state index contributed by atoms with van der Waals surface area (Å²) >= 11 is 0. The van der Waals surface area contributed by atoms with Gasteiger partial charge in [0.1, 0.15) is 0 Å². The van der Waals surface area contributed by atoms with Gasteiger partial charge in [0.05, 0.1) is 5.75 Å². The van der Waals surface area contributed by atoms with E-state index in [1.807, 2.05) is 0 Å². The van der Waals surface area contributed by atoms with Crippen LogP contribution in [0.15, 0.2) is 0 Å². The molecule has 0 amide bonds. The fraction of sp³-hybridized carbons (Fsp3) is 1.00. The van der Waals surface area contributed by atoms with E-state index >= 15 is 0 Å². The normalized spacial score (nSPS) is 27.9. The number of hydrogen-bond donors (Lipinski definition) is 2. The van der Waals surface area contributed by atoms with E-state index in [1.54, 1.807) is 0 Å². The average Bonchev–Trinajstić information content (AvgIpc) is 2.62. The van der Waals surface area contributed by atoms with Crippen molar-refractivity contribution in [2.75, 3.05) is 39.1 Å². The number of ether oxygens (including phenoxy) is 1. The maximum absolute atomic E-state index is 11.6. The van der Waals surface area contributed by atoms with Crippen LogP contribution >= 0.6 is 12.4 Å². The van der Waals surface area contributed by atoms with E-state index in [2.05, 4.69) is 10.0 Å². The Morgan fingerprint density at radius 1 is 1.41 bits per heavy atom. The summed E-state index contributed by atoms with van der Waals surface area (Å²) in [4.78, 5) is 0. The molecule has 0 aromatic carbocycles. The molecule has 17 heavy (non-hydrogen) atoms. The lowest BCUT2D eigenvalue weighted by Crippen LogP contribution is -2.41. The third-order valence-electron chi connectivity index (χ3n) is 3.95. The third kappa shape index (κ3) is 3.32. The zero-order chi connectivity index (χ0) is 11.6. The van der Waals surface area contributed by atoms with Crippen molar-refractivity contribution < 1.29 is 13.2 Å². The highest BCUT2D eigenvalue weighted by Crippen LogP contribution is 2.41. The number of rotatable bonds is 3. The Bertz CT molecular complexity index is 341. The van der Waals surface area contributed by atoms with Gasteiger partial charge in [0.15, 0.2) is 0 Å². The SMILES string of the molecule is CNS(=O)(=O)CC1CNCC12CCOCC2.Cl. The zero-order valence-corrected chi connectivity index (χ0v) is 11.7. The summed E-state index contributed by atoms with van der Waals surface area (Å²) in [5, 5.41) is 3.33. The molecule has 7 heteroatoms. The number of sulfonamides is 1. The largest absolute Gasteiger partial charge is 0.381 e. The van der Waals surface area contributed by atoms with Gasteiger partial charge in [0, 0.05) is 19.8 Å². The van der Waals surface area contributed by atoms with Crippen molar-refractivity contribution in [1.29, 1.82) is 0 Å². The second-order valence-corrected chi connectivity index (χ2v) is 6.76. The minimum atomic E-state index is -3.11. The second-order valence-electron chi connectivity index (χ2n) is 4.79. The van der Waals surface area contributed by atoms with Crippen molar-refractivity contribution in [3.8, 4) is 0 Å². The molecule has 0 aromatic rings. The van der Waals surface area contributed by atoms with E-state index in [9.17, 15) is 8.42 Å². The lowest BCUT2D eigenvalue weighted by atomic mass is 9.73. The summed E-state index contributed by atoms with van der Waals surface area (Å²) < 4.78 is 31.0. The van der Waals surface area contributed by atoms with Crippen molar-refractivity contribution in [3.63, 3.8) is 0 Å². The lowest BCUT2D eigenvalue weighted by molar-refractivity contribution is 0.00678. The molecule has 2 N–H and O–H groups in total. The number of halogens is 1. The maximum Gasteiger partial charge on any atom is 0.211 e. The Morgan fingerprint density at radius 2 is 2.06 bits per heavy atom. The number of nitrogens with one attached hydrogen (secondary N) is 2. The fourth-order valence-corrected chi connectivity index (χ4v) is 3.97. The van der Waals surface area contributed by atoms with Crippen molar-refractivity contribution in [1.82, 2.24) is 10.0 Å². The van der Waals surface area contributed by atoms with Gasteiger partial charge in [-0.05, 0) is 37.8 Å². The first kappa shape index (κ1) is 15.2. The predicted molar refractivity (Wildman–Crippen MR) is 68.9 cm³/mol. The molecule has 2 aliphatic rings. The summed E-state index contributed by atoms with van der Waals surface area (Å²) in [6.45, 7) is 3.26. The van der Waals surface area contributed by atoms with Crippen LogP contribution in [0.5, 0.6) is 0 Å². The second kappa shape index (κ2) is 5.84. The van der Waals surface area contributed by atoms with Crippen LogP contribution in [0.3, 0.4) is 0 Å². The van der Waals surface area contributed by atoms with Gasteiger partial charge in [0.2, 0.25) is 10.0 Å². The van der Waals surface area contributed by atoms with E-state index in [0.717, 1.165) is 39.1 Å².